The standard InChI is InChI=1S/C9H12INO5S2/c1-2-7-5-9(17-16-15-12)11-6-8(7)18(13,14)4-3-10/h5-6,12H,2-4H2,1H3. The Kier molecular flexibility index (Phi) is 6.81. The van der Waals surface area contributed by atoms with Crippen LogP contribution in [0.5, 0.6) is 0 Å². The molecule has 0 bridgehead atoms. The fourth-order valence-corrected chi connectivity index (χ4v) is 4.69. The number of halogens is 1. The van der Waals surface area contributed by atoms with Crippen LogP contribution in [0.2, 0.25) is 0 Å². The zero-order valence-corrected chi connectivity index (χ0v) is 13.3. The molecule has 0 radical (unpaired) electrons. The van der Waals surface area contributed by atoms with Crippen LogP contribution in [0, 0.1) is 0 Å². The summed E-state index contributed by atoms with van der Waals surface area (Å²) in [4.78, 5) is 4.18. The number of nitrogens with zero attached hydrogens (tertiary/aromatic N) is 1. The largest absolute Gasteiger partial charge is 0.246 e. The third-order valence-electron chi connectivity index (χ3n) is 2.13. The van der Waals surface area contributed by atoms with Crippen LogP contribution >= 0.6 is 34.6 Å². The first kappa shape index (κ1) is 16.1. The van der Waals surface area contributed by atoms with E-state index >= 15 is 0 Å². The summed E-state index contributed by atoms with van der Waals surface area (Å²) in [5.74, 6) is 0.0883. The van der Waals surface area contributed by atoms with Crippen LogP contribution in [-0.4, -0.2) is 28.8 Å². The minimum Gasteiger partial charge on any atom is -0.246 e. The second-order valence-corrected chi connectivity index (χ2v) is 7.09. The molecule has 9 heteroatoms. The molecule has 1 aromatic heterocycles. The van der Waals surface area contributed by atoms with Crippen molar-refractivity contribution in [1.29, 1.82) is 0 Å². The van der Waals surface area contributed by atoms with Crippen molar-refractivity contribution in [2.45, 2.75) is 23.3 Å². The van der Waals surface area contributed by atoms with Crippen molar-refractivity contribution in [3.63, 3.8) is 0 Å². The number of aromatic nitrogens is 1. The second kappa shape index (κ2) is 7.60. The summed E-state index contributed by atoms with van der Waals surface area (Å²) in [6, 6.07) is 1.60. The summed E-state index contributed by atoms with van der Waals surface area (Å²) < 4.78 is 28.8. The maximum absolute atomic E-state index is 12.0. The van der Waals surface area contributed by atoms with Crippen molar-refractivity contribution >= 4 is 44.5 Å². The first-order valence-electron chi connectivity index (χ1n) is 4.97. The van der Waals surface area contributed by atoms with Gasteiger partial charge in [-0.1, -0.05) is 34.6 Å². The molecule has 102 valence electrons. The molecule has 0 atom stereocenters. The lowest BCUT2D eigenvalue weighted by Crippen LogP contribution is -2.11. The highest BCUT2D eigenvalue weighted by Gasteiger charge is 2.18. The Morgan fingerprint density at radius 2 is 2.28 bits per heavy atom. The second-order valence-electron chi connectivity index (χ2n) is 3.22. The lowest BCUT2D eigenvalue weighted by molar-refractivity contribution is -0.432. The van der Waals surface area contributed by atoms with E-state index in [9.17, 15) is 8.42 Å². The summed E-state index contributed by atoms with van der Waals surface area (Å²) in [5, 5.41) is 11.9. The van der Waals surface area contributed by atoms with E-state index in [4.69, 9.17) is 5.26 Å². The molecule has 0 spiro atoms. The van der Waals surface area contributed by atoms with Gasteiger partial charge in [0, 0.05) is 10.6 Å². The first-order chi connectivity index (χ1) is 8.55. The van der Waals surface area contributed by atoms with E-state index in [1.54, 1.807) is 6.07 Å². The molecule has 0 aliphatic heterocycles. The van der Waals surface area contributed by atoms with Crippen molar-refractivity contribution in [3.05, 3.63) is 17.8 Å². The molecule has 0 aliphatic rings. The minimum atomic E-state index is -3.29. The lowest BCUT2D eigenvalue weighted by Gasteiger charge is -2.08. The van der Waals surface area contributed by atoms with Crippen LogP contribution in [0.1, 0.15) is 12.5 Å². The van der Waals surface area contributed by atoms with Gasteiger partial charge in [-0.2, -0.15) is 0 Å². The molecule has 0 unspecified atom stereocenters. The smallest absolute Gasteiger partial charge is 0.180 e. The molecule has 1 N–H and O–H groups in total. The molecule has 0 saturated heterocycles. The zero-order valence-electron chi connectivity index (χ0n) is 9.50. The highest BCUT2D eigenvalue weighted by Crippen LogP contribution is 2.23. The van der Waals surface area contributed by atoms with Crippen LogP contribution in [0.25, 0.3) is 0 Å². The van der Waals surface area contributed by atoms with E-state index in [1.165, 1.54) is 6.20 Å². The van der Waals surface area contributed by atoms with Gasteiger partial charge in [0.2, 0.25) is 0 Å². The summed E-state index contributed by atoms with van der Waals surface area (Å²) in [5.41, 5.74) is 0.666. The van der Waals surface area contributed by atoms with Crippen LogP contribution in [0.3, 0.4) is 0 Å². The van der Waals surface area contributed by atoms with Gasteiger partial charge >= 0.3 is 0 Å². The van der Waals surface area contributed by atoms with E-state index in [0.717, 1.165) is 0 Å². The molecule has 1 rings (SSSR count). The lowest BCUT2D eigenvalue weighted by atomic mass is 10.2. The van der Waals surface area contributed by atoms with E-state index in [1.807, 2.05) is 29.5 Å². The van der Waals surface area contributed by atoms with Crippen molar-refractivity contribution in [2.24, 2.45) is 0 Å². The molecular formula is C9H12INO5S2. The highest BCUT2D eigenvalue weighted by atomic mass is 127. The van der Waals surface area contributed by atoms with Crippen molar-refractivity contribution in [3.8, 4) is 0 Å². The van der Waals surface area contributed by atoms with Gasteiger partial charge < -0.3 is 0 Å². The third kappa shape index (κ3) is 4.31. The molecule has 0 aromatic carbocycles. The minimum absolute atomic E-state index is 0.0883. The molecule has 0 amide bonds. The molecule has 0 aliphatic carbocycles. The SMILES string of the molecule is CCc1cc(SOOO)ncc1S(=O)(=O)CCI. The molecule has 1 aromatic rings. The topological polar surface area (TPSA) is 85.7 Å². The van der Waals surface area contributed by atoms with Crippen molar-refractivity contribution < 1.29 is 23.0 Å². The van der Waals surface area contributed by atoms with Gasteiger partial charge in [-0.3, -0.25) is 0 Å². The normalized spacial score (nSPS) is 11.7. The Morgan fingerprint density at radius 3 is 2.83 bits per heavy atom. The molecule has 6 nitrogen and oxygen atoms in total. The maximum atomic E-state index is 12.0. The fourth-order valence-electron chi connectivity index (χ4n) is 1.33. The van der Waals surface area contributed by atoms with E-state index in [0.29, 0.717) is 33.5 Å². The predicted octanol–water partition coefficient (Wildman–Crippen LogP) is 2.28. The molecule has 0 saturated carbocycles. The van der Waals surface area contributed by atoms with Crippen molar-refractivity contribution in [1.82, 2.24) is 4.98 Å². The van der Waals surface area contributed by atoms with E-state index in [-0.39, 0.29) is 10.6 Å². The summed E-state index contributed by atoms with van der Waals surface area (Å²) in [6.07, 6.45) is 1.87. The Morgan fingerprint density at radius 1 is 1.56 bits per heavy atom. The zero-order chi connectivity index (χ0) is 13.6. The predicted molar refractivity (Wildman–Crippen MR) is 75.2 cm³/mol. The van der Waals surface area contributed by atoms with Gasteiger partial charge in [0.1, 0.15) is 5.03 Å². The average Bonchev–Trinajstić information content (AvgIpc) is 2.35. The van der Waals surface area contributed by atoms with Crippen LogP contribution in [0.4, 0.5) is 0 Å². The first-order valence-corrected chi connectivity index (χ1v) is 8.89. The number of hydrogen-bond donors (Lipinski definition) is 1. The van der Waals surface area contributed by atoms with Crippen LogP contribution in [-0.2, 0) is 25.6 Å². The van der Waals surface area contributed by atoms with E-state index in [2.05, 4.69) is 14.4 Å². The quantitative estimate of drug-likeness (QED) is 0.245. The number of rotatable bonds is 7. The van der Waals surface area contributed by atoms with Gasteiger partial charge in [0.15, 0.2) is 9.84 Å². The number of aryl methyl sites for hydroxylation is 1. The van der Waals surface area contributed by atoms with Gasteiger partial charge in [-0.05, 0) is 18.1 Å². The summed E-state index contributed by atoms with van der Waals surface area (Å²) >= 11 is 2.72. The number of pyridine rings is 1. The summed E-state index contributed by atoms with van der Waals surface area (Å²) in [7, 11) is -3.29. The molecule has 18 heavy (non-hydrogen) atoms. The number of alkyl halides is 1. The van der Waals surface area contributed by atoms with E-state index < -0.39 is 9.84 Å². The Labute approximate surface area is 123 Å². The van der Waals surface area contributed by atoms with Crippen LogP contribution < -0.4 is 0 Å². The Bertz CT molecular complexity index is 494. The van der Waals surface area contributed by atoms with Crippen LogP contribution in [0.15, 0.2) is 22.2 Å². The van der Waals surface area contributed by atoms with Gasteiger partial charge in [-0.15, -0.1) is 4.33 Å². The Balaban J connectivity index is 3.07. The van der Waals surface area contributed by atoms with Gasteiger partial charge in [-0.25, -0.2) is 18.7 Å². The van der Waals surface area contributed by atoms with Gasteiger partial charge in [0.05, 0.1) is 22.7 Å². The van der Waals surface area contributed by atoms with Gasteiger partial charge in [0.25, 0.3) is 0 Å². The monoisotopic (exact) mass is 405 g/mol. The Hall–Kier alpha value is 0.0600. The highest BCUT2D eigenvalue weighted by molar-refractivity contribution is 14.1. The summed E-state index contributed by atoms with van der Waals surface area (Å²) in [6.45, 7) is 1.86. The maximum Gasteiger partial charge on any atom is 0.180 e. The molecule has 1 heterocycles. The number of hydrogen-bond acceptors (Lipinski definition) is 7. The fraction of sp³-hybridized carbons (Fsp3) is 0.444. The number of sulfone groups is 1. The average molecular weight is 405 g/mol. The molecule has 0 fully saturated rings. The third-order valence-corrected chi connectivity index (χ3v) is 5.71. The van der Waals surface area contributed by atoms with Crippen molar-refractivity contribution in [2.75, 3.05) is 10.2 Å². The molecular weight excluding hydrogens is 393 g/mol.